The normalized spacial score (nSPS) is 30.3. The van der Waals surface area contributed by atoms with Crippen LogP contribution in [0.15, 0.2) is 22.3 Å². The van der Waals surface area contributed by atoms with Crippen molar-refractivity contribution in [1.29, 1.82) is 0 Å². The standard InChI is InChI=1S/C10H15N4/c1-5-11-9(12-6-1)3-4-10-13-7-2-8-14-10/h1,4-7,9-11,14H,2-3,8H2. The summed E-state index contributed by atoms with van der Waals surface area (Å²) in [6.07, 6.45) is 12.1. The molecule has 0 fully saturated rings. The molecule has 0 amide bonds. The third-order valence-corrected chi connectivity index (χ3v) is 2.21. The molecule has 1 radical (unpaired) electrons. The fourth-order valence-electron chi connectivity index (χ4n) is 1.47. The predicted octanol–water partition coefficient (Wildman–Crippen LogP) is 0.485. The van der Waals surface area contributed by atoms with Crippen molar-refractivity contribution < 1.29 is 0 Å². The summed E-state index contributed by atoms with van der Waals surface area (Å²) in [5.74, 6) is 0. The average molecular weight is 191 g/mol. The Hall–Kier alpha value is -1.16. The zero-order valence-corrected chi connectivity index (χ0v) is 8.06. The van der Waals surface area contributed by atoms with Gasteiger partial charge in [-0.1, -0.05) is 0 Å². The second kappa shape index (κ2) is 4.91. The molecular weight excluding hydrogens is 176 g/mol. The van der Waals surface area contributed by atoms with Crippen LogP contribution in [-0.2, 0) is 0 Å². The number of rotatable bonds is 3. The summed E-state index contributed by atoms with van der Waals surface area (Å²) in [4.78, 5) is 8.60. The largest absolute Gasteiger partial charge is 0.370 e. The lowest BCUT2D eigenvalue weighted by Crippen LogP contribution is -2.34. The molecule has 0 spiro atoms. The molecule has 0 saturated heterocycles. The summed E-state index contributed by atoms with van der Waals surface area (Å²) in [5.41, 5.74) is 0. The van der Waals surface area contributed by atoms with E-state index in [9.17, 15) is 0 Å². The summed E-state index contributed by atoms with van der Waals surface area (Å²) in [5, 5.41) is 6.48. The fraction of sp³-hybridized carbons (Fsp3) is 0.500. The van der Waals surface area contributed by atoms with Crippen molar-refractivity contribution in [2.45, 2.75) is 25.2 Å². The first-order valence-corrected chi connectivity index (χ1v) is 4.98. The van der Waals surface area contributed by atoms with Crippen LogP contribution in [0.3, 0.4) is 0 Å². The molecule has 4 nitrogen and oxygen atoms in total. The first kappa shape index (κ1) is 9.40. The van der Waals surface area contributed by atoms with Crippen LogP contribution in [0.5, 0.6) is 0 Å². The topological polar surface area (TPSA) is 48.8 Å². The van der Waals surface area contributed by atoms with Crippen molar-refractivity contribution in [3.63, 3.8) is 0 Å². The van der Waals surface area contributed by atoms with Crippen molar-refractivity contribution >= 4 is 12.4 Å². The van der Waals surface area contributed by atoms with Crippen molar-refractivity contribution in [3.05, 3.63) is 18.7 Å². The summed E-state index contributed by atoms with van der Waals surface area (Å²) >= 11 is 0. The molecule has 2 aliphatic rings. The lowest BCUT2D eigenvalue weighted by molar-refractivity contribution is 0.518. The maximum atomic E-state index is 4.32. The minimum atomic E-state index is 0.173. The molecule has 2 rings (SSSR count). The predicted molar refractivity (Wildman–Crippen MR) is 58.4 cm³/mol. The molecule has 0 saturated carbocycles. The molecule has 14 heavy (non-hydrogen) atoms. The van der Waals surface area contributed by atoms with Crippen molar-refractivity contribution in [2.24, 2.45) is 9.98 Å². The molecule has 75 valence electrons. The number of nitrogens with one attached hydrogen (secondary N) is 2. The highest BCUT2D eigenvalue weighted by molar-refractivity contribution is 5.71. The molecule has 2 N–H and O–H groups in total. The summed E-state index contributed by atoms with van der Waals surface area (Å²) in [7, 11) is 0. The van der Waals surface area contributed by atoms with Gasteiger partial charge in [-0.3, -0.25) is 15.3 Å². The third kappa shape index (κ3) is 2.67. The highest BCUT2D eigenvalue weighted by atomic mass is 15.1. The minimum absolute atomic E-state index is 0.173. The van der Waals surface area contributed by atoms with E-state index < -0.39 is 0 Å². The van der Waals surface area contributed by atoms with Crippen LogP contribution in [0, 0.1) is 6.42 Å². The molecule has 0 bridgehead atoms. The van der Waals surface area contributed by atoms with Crippen LogP contribution in [0.2, 0.25) is 0 Å². The van der Waals surface area contributed by atoms with E-state index in [1.54, 1.807) is 0 Å². The molecule has 2 atom stereocenters. The molecule has 4 heteroatoms. The van der Waals surface area contributed by atoms with Crippen LogP contribution in [0.1, 0.15) is 12.8 Å². The van der Waals surface area contributed by atoms with E-state index in [4.69, 9.17) is 0 Å². The molecule has 0 aliphatic carbocycles. The van der Waals surface area contributed by atoms with Gasteiger partial charge in [0.2, 0.25) is 0 Å². The molecule has 0 aromatic rings. The van der Waals surface area contributed by atoms with Crippen LogP contribution in [0.4, 0.5) is 0 Å². The van der Waals surface area contributed by atoms with Gasteiger partial charge in [0.1, 0.15) is 12.3 Å². The zero-order chi connectivity index (χ0) is 9.64. The average Bonchev–Trinajstić information content (AvgIpc) is 2.29. The monoisotopic (exact) mass is 191 g/mol. The fourth-order valence-corrected chi connectivity index (χ4v) is 1.47. The van der Waals surface area contributed by atoms with Crippen molar-refractivity contribution in [1.82, 2.24) is 10.6 Å². The first-order valence-electron chi connectivity index (χ1n) is 4.98. The Balaban J connectivity index is 1.71. The first-order chi connectivity index (χ1) is 6.95. The molecule has 0 aromatic heterocycles. The summed E-state index contributed by atoms with van der Waals surface area (Å²) < 4.78 is 0. The quantitative estimate of drug-likeness (QED) is 0.682. The SMILES string of the molecule is [CH](CC1N=CC=CN1)C1N=CCCN1. The lowest BCUT2D eigenvalue weighted by atomic mass is 10.2. The third-order valence-electron chi connectivity index (χ3n) is 2.21. The summed E-state index contributed by atoms with van der Waals surface area (Å²) in [6, 6.07) is 0. The van der Waals surface area contributed by atoms with E-state index in [1.165, 1.54) is 0 Å². The number of nitrogens with zero attached hydrogens (tertiary/aromatic N) is 2. The Labute approximate surface area is 84.2 Å². The maximum Gasteiger partial charge on any atom is 0.118 e. The van der Waals surface area contributed by atoms with Gasteiger partial charge in [-0.25, -0.2) is 0 Å². The Morgan fingerprint density at radius 1 is 1.43 bits per heavy atom. The van der Waals surface area contributed by atoms with E-state index in [1.807, 2.05) is 24.7 Å². The van der Waals surface area contributed by atoms with Crippen molar-refractivity contribution in [3.8, 4) is 0 Å². The van der Waals surface area contributed by atoms with Gasteiger partial charge in [-0.15, -0.1) is 0 Å². The maximum absolute atomic E-state index is 4.32. The lowest BCUT2D eigenvalue weighted by Gasteiger charge is -2.20. The van der Waals surface area contributed by atoms with E-state index in [0.29, 0.717) is 0 Å². The molecule has 2 aliphatic heterocycles. The molecule has 2 unspecified atom stereocenters. The molecule has 0 aromatic carbocycles. The van der Waals surface area contributed by atoms with Crippen LogP contribution in [0.25, 0.3) is 0 Å². The van der Waals surface area contributed by atoms with Crippen LogP contribution < -0.4 is 10.6 Å². The second-order valence-electron chi connectivity index (χ2n) is 3.33. The van der Waals surface area contributed by atoms with Gasteiger partial charge in [0, 0.05) is 25.4 Å². The second-order valence-corrected chi connectivity index (χ2v) is 3.33. The van der Waals surface area contributed by atoms with E-state index >= 15 is 0 Å². The van der Waals surface area contributed by atoms with Crippen LogP contribution in [-0.4, -0.2) is 31.3 Å². The van der Waals surface area contributed by atoms with Gasteiger partial charge in [0.25, 0.3) is 0 Å². The van der Waals surface area contributed by atoms with Gasteiger partial charge < -0.3 is 5.32 Å². The van der Waals surface area contributed by atoms with Gasteiger partial charge >= 0.3 is 0 Å². The Kier molecular flexibility index (Phi) is 3.29. The smallest absolute Gasteiger partial charge is 0.118 e. The van der Waals surface area contributed by atoms with Crippen LogP contribution >= 0.6 is 0 Å². The number of hydrogen-bond acceptors (Lipinski definition) is 4. The number of aliphatic imine (C=N–C) groups is 2. The zero-order valence-electron chi connectivity index (χ0n) is 8.06. The highest BCUT2D eigenvalue weighted by Crippen LogP contribution is 2.06. The Morgan fingerprint density at radius 2 is 2.43 bits per heavy atom. The van der Waals surface area contributed by atoms with E-state index in [-0.39, 0.29) is 12.3 Å². The van der Waals surface area contributed by atoms with Gasteiger partial charge in [0.15, 0.2) is 0 Å². The number of hydrogen-bond donors (Lipinski definition) is 2. The van der Waals surface area contributed by atoms with Gasteiger partial charge in [-0.05, 0) is 25.1 Å². The van der Waals surface area contributed by atoms with Crippen molar-refractivity contribution in [2.75, 3.05) is 6.54 Å². The molecule has 2 heterocycles. The van der Waals surface area contributed by atoms with E-state index in [0.717, 1.165) is 19.4 Å². The van der Waals surface area contributed by atoms with E-state index in [2.05, 4.69) is 27.0 Å². The Bertz CT molecular complexity index is 255. The summed E-state index contributed by atoms with van der Waals surface area (Å²) in [6.45, 7) is 1.02. The highest BCUT2D eigenvalue weighted by Gasteiger charge is 2.12. The van der Waals surface area contributed by atoms with Gasteiger partial charge in [0.05, 0.1) is 0 Å². The number of allylic oxidation sites excluding steroid dienone is 1. The molecular formula is C10H15N4. The Morgan fingerprint density at radius 3 is 3.14 bits per heavy atom. The minimum Gasteiger partial charge on any atom is -0.370 e. The van der Waals surface area contributed by atoms with Gasteiger partial charge in [-0.2, -0.15) is 0 Å².